The molecule has 0 radical (unpaired) electrons. The van der Waals surface area contributed by atoms with E-state index in [4.69, 9.17) is 0 Å². The molecule has 1 saturated heterocycles. The molecule has 1 heterocycles. The van der Waals surface area contributed by atoms with E-state index in [9.17, 15) is 4.39 Å². The van der Waals surface area contributed by atoms with Crippen molar-refractivity contribution in [2.24, 2.45) is 0 Å². The monoisotopic (exact) mass is 314 g/mol. The number of rotatable bonds is 3. The Kier molecular flexibility index (Phi) is 4.62. The Hall–Kier alpha value is -0.610. The fourth-order valence-electron chi connectivity index (χ4n) is 2.63. The highest BCUT2D eigenvalue weighted by molar-refractivity contribution is 9.10. The van der Waals surface area contributed by atoms with Crippen LogP contribution in [0.15, 0.2) is 16.6 Å². The van der Waals surface area contributed by atoms with Crippen molar-refractivity contribution in [3.63, 3.8) is 0 Å². The molecule has 0 bridgehead atoms. The molecule has 100 valence electrons. The van der Waals surface area contributed by atoms with Crippen molar-refractivity contribution in [1.29, 1.82) is 0 Å². The second kappa shape index (κ2) is 6.02. The highest BCUT2D eigenvalue weighted by atomic mass is 79.9. The second-order valence-electron chi connectivity index (χ2n) is 4.90. The lowest BCUT2D eigenvalue weighted by Crippen LogP contribution is -2.45. The van der Waals surface area contributed by atoms with Gasteiger partial charge in [-0.3, -0.25) is 0 Å². The summed E-state index contributed by atoms with van der Waals surface area (Å²) in [6.07, 6.45) is 2.37. The normalized spacial score (nSPS) is 20.2. The largest absolute Gasteiger partial charge is 0.370 e. The molecule has 2 rings (SSSR count). The molecule has 4 heteroatoms. The number of aryl methyl sites for hydroxylation is 1. The number of anilines is 1. The van der Waals surface area contributed by atoms with Gasteiger partial charge in [0, 0.05) is 24.8 Å². The van der Waals surface area contributed by atoms with E-state index < -0.39 is 0 Å². The van der Waals surface area contributed by atoms with Gasteiger partial charge in [-0.2, -0.15) is 0 Å². The lowest BCUT2D eigenvalue weighted by Gasteiger charge is -2.35. The molecule has 1 unspecified atom stereocenters. The zero-order valence-electron chi connectivity index (χ0n) is 11.0. The number of nitrogens with zero attached hydrogens (tertiary/aromatic N) is 1. The van der Waals surface area contributed by atoms with E-state index in [1.807, 2.05) is 13.0 Å². The van der Waals surface area contributed by atoms with Gasteiger partial charge in [0.2, 0.25) is 0 Å². The van der Waals surface area contributed by atoms with Crippen molar-refractivity contribution >= 4 is 21.6 Å². The Morgan fingerprint density at radius 1 is 1.50 bits per heavy atom. The van der Waals surface area contributed by atoms with Gasteiger partial charge in [0.1, 0.15) is 5.82 Å². The molecule has 1 atom stereocenters. The molecule has 1 aliphatic rings. The molecule has 0 aromatic heterocycles. The summed E-state index contributed by atoms with van der Waals surface area (Å²) < 4.78 is 14.2. The van der Waals surface area contributed by atoms with Crippen molar-refractivity contribution in [3.05, 3.63) is 28.0 Å². The van der Waals surface area contributed by atoms with Crippen LogP contribution in [0, 0.1) is 12.7 Å². The number of likely N-dealkylation sites (N-methyl/N-ethyl adjacent to an activating group) is 1. The van der Waals surface area contributed by atoms with Gasteiger partial charge in [0.25, 0.3) is 0 Å². The zero-order chi connectivity index (χ0) is 13.1. The quantitative estimate of drug-likeness (QED) is 0.919. The number of piperidine rings is 1. The summed E-state index contributed by atoms with van der Waals surface area (Å²) in [4.78, 5) is 2.29. The Labute approximate surface area is 117 Å². The van der Waals surface area contributed by atoms with E-state index in [0.717, 1.165) is 37.3 Å². The summed E-state index contributed by atoms with van der Waals surface area (Å²) in [5, 5.41) is 3.48. The molecular weight excluding hydrogens is 295 g/mol. The fraction of sp³-hybridized carbons (Fsp3) is 0.571. The summed E-state index contributed by atoms with van der Waals surface area (Å²) in [5.74, 6) is -0.179. The first-order chi connectivity index (χ1) is 8.61. The average molecular weight is 315 g/mol. The predicted molar refractivity (Wildman–Crippen MR) is 77.7 cm³/mol. The summed E-state index contributed by atoms with van der Waals surface area (Å²) >= 11 is 3.24. The number of nitrogens with one attached hydrogen (secondary N) is 1. The van der Waals surface area contributed by atoms with Crippen LogP contribution in [0.1, 0.15) is 25.3 Å². The second-order valence-corrected chi connectivity index (χ2v) is 5.75. The smallest absolute Gasteiger partial charge is 0.139 e. The minimum atomic E-state index is -0.179. The molecule has 1 aromatic rings. The van der Waals surface area contributed by atoms with Gasteiger partial charge in [-0.05, 0) is 59.9 Å². The van der Waals surface area contributed by atoms with Crippen LogP contribution in [0.5, 0.6) is 0 Å². The van der Waals surface area contributed by atoms with Crippen molar-refractivity contribution in [1.82, 2.24) is 5.32 Å². The summed E-state index contributed by atoms with van der Waals surface area (Å²) in [6.45, 7) is 7.14. The minimum Gasteiger partial charge on any atom is -0.370 e. The number of benzene rings is 1. The third-order valence-corrected chi connectivity index (χ3v) is 4.10. The predicted octanol–water partition coefficient (Wildman–Crippen LogP) is 3.47. The van der Waals surface area contributed by atoms with Crippen molar-refractivity contribution in [2.75, 3.05) is 24.5 Å². The molecule has 0 amide bonds. The Balaban J connectivity index is 2.18. The highest BCUT2D eigenvalue weighted by Crippen LogP contribution is 2.28. The van der Waals surface area contributed by atoms with Gasteiger partial charge >= 0.3 is 0 Å². The molecule has 0 aliphatic carbocycles. The summed E-state index contributed by atoms with van der Waals surface area (Å²) in [7, 11) is 0. The van der Waals surface area contributed by atoms with Gasteiger partial charge in [-0.25, -0.2) is 4.39 Å². The lowest BCUT2D eigenvalue weighted by molar-refractivity contribution is 0.430. The number of hydrogen-bond acceptors (Lipinski definition) is 2. The van der Waals surface area contributed by atoms with Crippen LogP contribution in [-0.4, -0.2) is 25.7 Å². The minimum absolute atomic E-state index is 0.179. The van der Waals surface area contributed by atoms with Gasteiger partial charge in [0.15, 0.2) is 0 Å². The first-order valence-electron chi connectivity index (χ1n) is 6.55. The molecule has 0 spiro atoms. The molecule has 1 aromatic carbocycles. The Morgan fingerprint density at radius 2 is 2.28 bits per heavy atom. The van der Waals surface area contributed by atoms with Crippen molar-refractivity contribution < 1.29 is 4.39 Å². The third-order valence-electron chi connectivity index (χ3n) is 3.49. The number of hydrogen-bond donors (Lipinski definition) is 1. The molecular formula is C14H20BrFN2. The van der Waals surface area contributed by atoms with Crippen molar-refractivity contribution in [2.45, 2.75) is 32.7 Å². The third kappa shape index (κ3) is 3.04. The van der Waals surface area contributed by atoms with Gasteiger partial charge in [-0.15, -0.1) is 0 Å². The summed E-state index contributed by atoms with van der Waals surface area (Å²) in [5.41, 5.74) is 2.15. The zero-order valence-corrected chi connectivity index (χ0v) is 12.6. The SMILES string of the molecule is CCNC1CCCN(c2cc(F)c(Br)cc2C)C1. The topological polar surface area (TPSA) is 15.3 Å². The van der Waals surface area contributed by atoms with Gasteiger partial charge in [0.05, 0.1) is 4.47 Å². The van der Waals surface area contributed by atoms with Crippen LogP contribution in [0.25, 0.3) is 0 Å². The molecule has 1 fully saturated rings. The lowest BCUT2D eigenvalue weighted by atomic mass is 10.0. The van der Waals surface area contributed by atoms with Crippen LogP contribution < -0.4 is 10.2 Å². The van der Waals surface area contributed by atoms with Gasteiger partial charge in [-0.1, -0.05) is 6.92 Å². The first-order valence-corrected chi connectivity index (χ1v) is 7.35. The van der Waals surface area contributed by atoms with E-state index in [1.54, 1.807) is 6.07 Å². The van der Waals surface area contributed by atoms with Crippen molar-refractivity contribution in [3.8, 4) is 0 Å². The van der Waals surface area contributed by atoms with Crippen LogP contribution >= 0.6 is 15.9 Å². The summed E-state index contributed by atoms with van der Waals surface area (Å²) in [6, 6.07) is 4.03. The van der Waals surface area contributed by atoms with E-state index in [0.29, 0.717) is 10.5 Å². The highest BCUT2D eigenvalue weighted by Gasteiger charge is 2.21. The maximum Gasteiger partial charge on any atom is 0.139 e. The first kappa shape index (κ1) is 13.8. The molecule has 1 N–H and O–H groups in total. The fourth-order valence-corrected chi connectivity index (χ4v) is 3.09. The van der Waals surface area contributed by atoms with Gasteiger partial charge < -0.3 is 10.2 Å². The molecule has 1 aliphatic heterocycles. The maximum atomic E-state index is 13.7. The van der Waals surface area contributed by atoms with E-state index >= 15 is 0 Å². The Bertz CT molecular complexity index is 421. The van der Waals surface area contributed by atoms with E-state index in [-0.39, 0.29) is 5.82 Å². The standard InChI is InChI=1S/C14H20BrFN2/c1-3-17-11-5-4-6-18(9-11)14-8-13(16)12(15)7-10(14)2/h7-8,11,17H,3-6,9H2,1-2H3. The van der Waals surface area contributed by atoms with Crippen LogP contribution in [-0.2, 0) is 0 Å². The van der Waals surface area contributed by atoms with E-state index in [2.05, 4.69) is 33.1 Å². The van der Waals surface area contributed by atoms with E-state index in [1.165, 1.54) is 6.42 Å². The average Bonchev–Trinajstić information content (AvgIpc) is 2.34. The maximum absolute atomic E-state index is 13.7. The Morgan fingerprint density at radius 3 is 3.00 bits per heavy atom. The van der Waals surface area contributed by atoms with Crippen LogP contribution in [0.4, 0.5) is 10.1 Å². The molecule has 0 saturated carbocycles. The van der Waals surface area contributed by atoms with Crippen LogP contribution in [0.3, 0.4) is 0 Å². The molecule has 2 nitrogen and oxygen atoms in total. The molecule has 18 heavy (non-hydrogen) atoms. The van der Waals surface area contributed by atoms with Crippen LogP contribution in [0.2, 0.25) is 0 Å². The number of halogens is 2.